The number of ether oxygens (including phenoxy) is 4. The number of benzene rings is 1. The van der Waals surface area contributed by atoms with Crippen molar-refractivity contribution in [1.29, 1.82) is 0 Å². The number of rotatable bonds is 4. The number of fused-ring (bicyclic) bond motifs is 1. The zero-order valence-electron chi connectivity index (χ0n) is 12.6. The van der Waals surface area contributed by atoms with Crippen molar-refractivity contribution in [2.24, 2.45) is 5.11 Å². The van der Waals surface area contributed by atoms with Gasteiger partial charge in [0.05, 0.1) is 6.61 Å². The molecule has 0 saturated carbocycles. The summed E-state index contributed by atoms with van der Waals surface area (Å²) >= 11 is 0. The first-order chi connectivity index (χ1) is 11.2. The van der Waals surface area contributed by atoms with E-state index in [9.17, 15) is 4.79 Å². The summed E-state index contributed by atoms with van der Waals surface area (Å²) in [6.45, 7) is 0.209. The van der Waals surface area contributed by atoms with Crippen LogP contribution in [0.15, 0.2) is 35.4 Å². The number of hydrogen-bond donors (Lipinski definition) is 0. The summed E-state index contributed by atoms with van der Waals surface area (Å²) in [6, 6.07) is 9.35. The minimum atomic E-state index is -1.38. The minimum absolute atomic E-state index is 0.0970. The van der Waals surface area contributed by atoms with Crippen molar-refractivity contribution in [3.05, 3.63) is 46.3 Å². The third-order valence-corrected chi connectivity index (χ3v) is 4.10. The lowest BCUT2D eigenvalue weighted by Gasteiger charge is -2.48. The van der Waals surface area contributed by atoms with Crippen LogP contribution in [0.3, 0.4) is 0 Å². The van der Waals surface area contributed by atoms with Crippen molar-refractivity contribution in [2.45, 2.75) is 36.7 Å². The van der Waals surface area contributed by atoms with Crippen LogP contribution in [0.2, 0.25) is 0 Å². The van der Waals surface area contributed by atoms with Gasteiger partial charge in [0.2, 0.25) is 0 Å². The number of hydrogen-bond acceptors (Lipinski definition) is 6. The van der Waals surface area contributed by atoms with Crippen LogP contribution in [0.1, 0.15) is 18.3 Å². The van der Waals surface area contributed by atoms with Crippen molar-refractivity contribution in [2.75, 3.05) is 13.7 Å². The summed E-state index contributed by atoms with van der Waals surface area (Å²) in [5.74, 6) is 0. The van der Waals surface area contributed by atoms with Crippen LogP contribution >= 0.6 is 0 Å². The first kappa shape index (κ1) is 15.9. The molecule has 2 aliphatic heterocycles. The SMILES string of the molecule is CO[C@@H]1C[C@](C=O)(N=[N+]=[N-])[C@@H]2O[C@H](c3ccccc3)OC[C@H]2O1. The summed E-state index contributed by atoms with van der Waals surface area (Å²) in [5, 5.41) is 3.72. The maximum Gasteiger partial charge on any atom is 0.184 e. The molecule has 0 N–H and O–H groups in total. The molecule has 1 aromatic rings. The zero-order valence-corrected chi connectivity index (χ0v) is 12.6. The summed E-state index contributed by atoms with van der Waals surface area (Å²) < 4.78 is 22.5. The Morgan fingerprint density at radius 2 is 2.17 bits per heavy atom. The highest BCUT2D eigenvalue weighted by molar-refractivity contribution is 5.66. The van der Waals surface area contributed by atoms with Crippen LogP contribution in [-0.4, -0.2) is 44.0 Å². The number of aldehydes is 1. The van der Waals surface area contributed by atoms with Crippen molar-refractivity contribution < 1.29 is 23.7 Å². The molecule has 8 nitrogen and oxygen atoms in total. The second-order valence-electron chi connectivity index (χ2n) is 5.48. The van der Waals surface area contributed by atoms with E-state index in [4.69, 9.17) is 24.5 Å². The molecule has 8 heteroatoms. The molecule has 2 heterocycles. The van der Waals surface area contributed by atoms with E-state index in [1.165, 1.54) is 7.11 Å². The summed E-state index contributed by atoms with van der Waals surface area (Å²) in [5.41, 5.74) is 8.32. The molecular formula is C15H17N3O5. The Kier molecular flexibility index (Phi) is 4.61. The quantitative estimate of drug-likeness (QED) is 0.366. The molecular weight excluding hydrogens is 302 g/mol. The van der Waals surface area contributed by atoms with Gasteiger partial charge in [-0.25, -0.2) is 0 Å². The van der Waals surface area contributed by atoms with Crippen LogP contribution in [0.4, 0.5) is 0 Å². The molecule has 0 aliphatic carbocycles. The molecule has 0 aromatic heterocycles. The third-order valence-electron chi connectivity index (χ3n) is 4.10. The number of carbonyl (C=O) groups is 1. The predicted octanol–water partition coefficient (Wildman–Crippen LogP) is 2.11. The van der Waals surface area contributed by atoms with Crippen molar-refractivity contribution >= 4 is 6.29 Å². The number of carbonyl (C=O) groups excluding carboxylic acids is 1. The van der Waals surface area contributed by atoms with Gasteiger partial charge in [-0.05, 0) is 5.53 Å². The minimum Gasteiger partial charge on any atom is -0.356 e. The molecule has 2 saturated heterocycles. The monoisotopic (exact) mass is 319 g/mol. The fourth-order valence-corrected chi connectivity index (χ4v) is 2.95. The van der Waals surface area contributed by atoms with Gasteiger partial charge in [0.25, 0.3) is 0 Å². The lowest BCUT2D eigenvalue weighted by Crippen LogP contribution is -2.62. The van der Waals surface area contributed by atoms with E-state index in [0.29, 0.717) is 6.29 Å². The number of methoxy groups -OCH3 is 1. The Morgan fingerprint density at radius 3 is 2.83 bits per heavy atom. The molecule has 2 aliphatic rings. The van der Waals surface area contributed by atoms with Gasteiger partial charge in [0.15, 0.2) is 12.6 Å². The van der Waals surface area contributed by atoms with Crippen LogP contribution in [0, 0.1) is 0 Å². The van der Waals surface area contributed by atoms with Gasteiger partial charge in [0.1, 0.15) is 24.0 Å². The first-order valence-electron chi connectivity index (χ1n) is 7.25. The van der Waals surface area contributed by atoms with Gasteiger partial charge in [-0.3, -0.25) is 0 Å². The Balaban J connectivity index is 1.90. The Morgan fingerprint density at radius 1 is 1.39 bits per heavy atom. The van der Waals surface area contributed by atoms with Gasteiger partial charge >= 0.3 is 0 Å². The molecule has 2 fully saturated rings. The molecule has 23 heavy (non-hydrogen) atoms. The second-order valence-corrected chi connectivity index (χ2v) is 5.48. The maximum atomic E-state index is 11.7. The van der Waals surface area contributed by atoms with Gasteiger partial charge in [-0.1, -0.05) is 35.4 Å². The highest BCUT2D eigenvalue weighted by Gasteiger charge is 2.54. The summed E-state index contributed by atoms with van der Waals surface area (Å²) in [4.78, 5) is 14.6. The highest BCUT2D eigenvalue weighted by Crippen LogP contribution is 2.40. The molecule has 122 valence electrons. The first-order valence-corrected chi connectivity index (χ1v) is 7.25. The molecule has 3 rings (SSSR count). The number of azide groups is 1. The highest BCUT2D eigenvalue weighted by atomic mass is 16.7. The molecule has 1 aromatic carbocycles. The molecule has 5 atom stereocenters. The summed E-state index contributed by atoms with van der Waals surface area (Å²) in [7, 11) is 1.47. The standard InChI is InChI=1S/C15H17N3O5/c1-20-12-7-15(9-19,17-18-16)13-11(22-12)8-21-14(23-13)10-5-3-2-4-6-10/h2-6,9,11-14H,7-8H2,1H3/t11-,12+,13-,14-,15-/m1/s1. The average Bonchev–Trinajstić information content (AvgIpc) is 2.62. The van der Waals surface area contributed by atoms with Crippen LogP contribution in [0.5, 0.6) is 0 Å². The average molecular weight is 319 g/mol. The topological polar surface area (TPSA) is 103 Å². The van der Waals surface area contributed by atoms with Gasteiger partial charge in [0, 0.05) is 24.0 Å². The fourth-order valence-electron chi connectivity index (χ4n) is 2.95. The fraction of sp³-hybridized carbons (Fsp3) is 0.533. The van der Waals surface area contributed by atoms with Crippen LogP contribution in [0.25, 0.3) is 10.4 Å². The molecule has 0 spiro atoms. The largest absolute Gasteiger partial charge is 0.356 e. The predicted molar refractivity (Wildman–Crippen MR) is 78.2 cm³/mol. The Bertz CT molecular complexity index is 606. The maximum absolute atomic E-state index is 11.7. The molecule has 0 bridgehead atoms. The molecule has 0 unspecified atom stereocenters. The van der Waals surface area contributed by atoms with E-state index in [0.717, 1.165) is 5.56 Å². The van der Waals surface area contributed by atoms with E-state index in [1.807, 2.05) is 30.3 Å². The van der Waals surface area contributed by atoms with E-state index < -0.39 is 30.3 Å². The third kappa shape index (κ3) is 2.95. The smallest absolute Gasteiger partial charge is 0.184 e. The van der Waals surface area contributed by atoms with Crippen LogP contribution in [-0.2, 0) is 23.7 Å². The second kappa shape index (κ2) is 6.66. The summed E-state index contributed by atoms with van der Waals surface area (Å²) in [6.07, 6.45) is -1.88. The Labute approximate surface area is 132 Å². The lowest BCUT2D eigenvalue weighted by atomic mass is 9.84. The normalized spacial score (nSPS) is 36.6. The van der Waals surface area contributed by atoms with E-state index in [-0.39, 0.29) is 13.0 Å². The van der Waals surface area contributed by atoms with Gasteiger partial charge in [-0.15, -0.1) is 0 Å². The van der Waals surface area contributed by atoms with Crippen LogP contribution < -0.4 is 0 Å². The zero-order chi connectivity index (χ0) is 16.3. The van der Waals surface area contributed by atoms with Crippen molar-refractivity contribution in [3.8, 4) is 0 Å². The molecule has 0 amide bonds. The Hall–Kier alpha value is -1.96. The van der Waals surface area contributed by atoms with Gasteiger partial charge in [-0.2, -0.15) is 0 Å². The van der Waals surface area contributed by atoms with Crippen molar-refractivity contribution in [3.63, 3.8) is 0 Å². The van der Waals surface area contributed by atoms with E-state index in [1.54, 1.807) is 0 Å². The number of nitrogens with zero attached hydrogens (tertiary/aromatic N) is 3. The van der Waals surface area contributed by atoms with Crippen molar-refractivity contribution in [1.82, 2.24) is 0 Å². The molecule has 0 radical (unpaired) electrons. The van der Waals surface area contributed by atoms with E-state index in [2.05, 4.69) is 10.0 Å². The lowest BCUT2D eigenvalue weighted by molar-refractivity contribution is -0.325. The van der Waals surface area contributed by atoms with E-state index >= 15 is 0 Å². The van der Waals surface area contributed by atoms with Gasteiger partial charge < -0.3 is 23.7 Å².